The number of unbranched alkanes of at least 4 members (excludes halogenated alkanes) is 11. The van der Waals surface area contributed by atoms with Gasteiger partial charge in [0.05, 0.1) is 6.61 Å². The maximum Gasteiger partial charge on any atom is 0.119 e. The lowest BCUT2D eigenvalue weighted by molar-refractivity contribution is 0.304. The molecule has 0 fully saturated rings. The van der Waals surface area contributed by atoms with Gasteiger partial charge in [-0.3, -0.25) is 0 Å². The highest BCUT2D eigenvalue weighted by Gasteiger charge is 2.03. The molecule has 0 aliphatic rings. The van der Waals surface area contributed by atoms with Gasteiger partial charge in [-0.25, -0.2) is 0 Å². The van der Waals surface area contributed by atoms with Crippen LogP contribution in [-0.2, 0) is 6.42 Å². The van der Waals surface area contributed by atoms with E-state index in [0.717, 1.165) is 18.8 Å². The summed E-state index contributed by atoms with van der Waals surface area (Å²) in [6.45, 7) is 5.37. The van der Waals surface area contributed by atoms with Crippen LogP contribution in [0.1, 0.15) is 103 Å². The van der Waals surface area contributed by atoms with E-state index in [1.165, 1.54) is 111 Å². The van der Waals surface area contributed by atoms with Gasteiger partial charge in [0.15, 0.2) is 0 Å². The van der Waals surface area contributed by atoms with Gasteiger partial charge in [0.2, 0.25) is 0 Å². The lowest BCUT2D eigenvalue weighted by atomic mass is 9.98. The molecule has 0 spiro atoms. The van der Waals surface area contributed by atoms with Crippen LogP contribution >= 0.6 is 0 Å². The van der Waals surface area contributed by atoms with Crippen molar-refractivity contribution < 1.29 is 4.74 Å². The van der Waals surface area contributed by atoms with Crippen molar-refractivity contribution in [2.75, 3.05) is 6.61 Å². The molecule has 1 heteroatoms. The second-order valence-electron chi connectivity index (χ2n) is 9.91. The Bertz CT molecular complexity index is 940. The van der Waals surface area contributed by atoms with Crippen LogP contribution < -0.4 is 4.74 Å². The third-order valence-corrected chi connectivity index (χ3v) is 6.93. The molecule has 0 atom stereocenters. The first-order valence-corrected chi connectivity index (χ1v) is 14.1. The van der Waals surface area contributed by atoms with Crippen molar-refractivity contribution >= 4 is 10.8 Å². The van der Waals surface area contributed by atoms with E-state index >= 15 is 0 Å². The number of ether oxygens (including phenoxy) is 1. The zero-order valence-electron chi connectivity index (χ0n) is 21.8. The minimum absolute atomic E-state index is 0.822. The van der Waals surface area contributed by atoms with Crippen LogP contribution in [0.4, 0.5) is 0 Å². The molecule has 3 aromatic carbocycles. The van der Waals surface area contributed by atoms with E-state index in [-0.39, 0.29) is 0 Å². The summed E-state index contributed by atoms with van der Waals surface area (Å²) in [4.78, 5) is 0. The molecule has 0 aliphatic heterocycles. The van der Waals surface area contributed by atoms with Gasteiger partial charge in [0.25, 0.3) is 0 Å². The largest absolute Gasteiger partial charge is 0.494 e. The maximum absolute atomic E-state index is 6.03. The zero-order valence-corrected chi connectivity index (χ0v) is 21.8. The van der Waals surface area contributed by atoms with E-state index in [1.54, 1.807) is 0 Å². The molecule has 3 rings (SSSR count). The Morgan fingerprint density at radius 1 is 0.500 bits per heavy atom. The molecule has 0 unspecified atom stereocenters. The smallest absolute Gasteiger partial charge is 0.119 e. The molecular weight excluding hydrogens is 412 g/mol. The predicted octanol–water partition coefficient (Wildman–Crippen LogP) is 10.5. The van der Waals surface area contributed by atoms with Crippen LogP contribution in [0.2, 0.25) is 0 Å². The van der Waals surface area contributed by atoms with Gasteiger partial charge in [-0.05, 0) is 64.9 Å². The fourth-order valence-electron chi connectivity index (χ4n) is 4.72. The number of hydrogen-bond acceptors (Lipinski definition) is 1. The normalized spacial score (nSPS) is 11.2. The first-order chi connectivity index (χ1) is 16.8. The van der Waals surface area contributed by atoms with Gasteiger partial charge in [-0.15, -0.1) is 0 Å². The molecule has 0 radical (unpaired) electrons. The van der Waals surface area contributed by atoms with Crippen molar-refractivity contribution in [2.45, 2.75) is 104 Å². The first-order valence-electron chi connectivity index (χ1n) is 14.1. The minimum Gasteiger partial charge on any atom is -0.494 e. The molecule has 0 bridgehead atoms. The molecule has 34 heavy (non-hydrogen) atoms. The Balaban J connectivity index is 1.46. The summed E-state index contributed by atoms with van der Waals surface area (Å²) in [6.07, 6.45) is 18.6. The summed E-state index contributed by atoms with van der Waals surface area (Å²) in [6, 6.07) is 22.5. The Kier molecular flexibility index (Phi) is 12.1. The van der Waals surface area contributed by atoms with Crippen molar-refractivity contribution in [1.82, 2.24) is 0 Å². The monoisotopic (exact) mass is 458 g/mol. The van der Waals surface area contributed by atoms with Gasteiger partial charge in [0.1, 0.15) is 5.75 Å². The van der Waals surface area contributed by atoms with Gasteiger partial charge >= 0.3 is 0 Å². The molecule has 1 nitrogen and oxygen atoms in total. The highest BCUT2D eigenvalue weighted by atomic mass is 16.5. The topological polar surface area (TPSA) is 9.23 Å². The molecule has 0 aliphatic carbocycles. The fourth-order valence-corrected chi connectivity index (χ4v) is 4.72. The zero-order chi connectivity index (χ0) is 23.8. The summed E-state index contributed by atoms with van der Waals surface area (Å²) in [7, 11) is 0. The highest BCUT2D eigenvalue weighted by molar-refractivity contribution is 5.88. The summed E-state index contributed by atoms with van der Waals surface area (Å²) >= 11 is 0. The second kappa shape index (κ2) is 15.6. The van der Waals surface area contributed by atoms with E-state index in [4.69, 9.17) is 4.74 Å². The summed E-state index contributed by atoms with van der Waals surface area (Å²) < 4.78 is 6.03. The van der Waals surface area contributed by atoms with Crippen LogP contribution in [0, 0.1) is 0 Å². The molecular formula is C33H46O. The summed E-state index contributed by atoms with van der Waals surface area (Å²) in [5.41, 5.74) is 4.05. The van der Waals surface area contributed by atoms with Gasteiger partial charge < -0.3 is 4.74 Å². The van der Waals surface area contributed by atoms with Crippen LogP contribution in [0.15, 0.2) is 60.7 Å². The van der Waals surface area contributed by atoms with Crippen molar-refractivity contribution in [3.63, 3.8) is 0 Å². The molecule has 0 N–H and O–H groups in total. The third kappa shape index (κ3) is 9.16. The van der Waals surface area contributed by atoms with Crippen LogP contribution in [-0.4, -0.2) is 6.61 Å². The average molecular weight is 459 g/mol. The predicted molar refractivity (Wildman–Crippen MR) is 150 cm³/mol. The minimum atomic E-state index is 0.822. The van der Waals surface area contributed by atoms with Crippen LogP contribution in [0.25, 0.3) is 21.9 Å². The quantitative estimate of drug-likeness (QED) is 0.183. The Hall–Kier alpha value is -2.28. The summed E-state index contributed by atoms with van der Waals surface area (Å²) in [5.74, 6) is 0.991. The van der Waals surface area contributed by atoms with E-state index in [1.807, 2.05) is 0 Å². The van der Waals surface area contributed by atoms with Gasteiger partial charge in [-0.2, -0.15) is 0 Å². The Morgan fingerprint density at radius 3 is 1.76 bits per heavy atom. The fraction of sp³-hybridized carbons (Fsp3) is 0.515. The van der Waals surface area contributed by atoms with Crippen molar-refractivity contribution in [1.29, 1.82) is 0 Å². The van der Waals surface area contributed by atoms with E-state index in [9.17, 15) is 0 Å². The standard InChI is InChI=1S/C33H46O/c1-3-5-7-9-11-13-15-25-34-33-24-23-31-26-30(21-22-32(31)27-33)29-19-17-28(18-20-29)16-14-12-10-8-6-4-2/h17-24,26-27H,3-16,25H2,1-2H3. The molecule has 0 saturated carbocycles. The van der Waals surface area contributed by atoms with Crippen LogP contribution in [0.5, 0.6) is 5.75 Å². The van der Waals surface area contributed by atoms with E-state index < -0.39 is 0 Å². The molecule has 0 heterocycles. The molecule has 0 amide bonds. The van der Waals surface area contributed by atoms with Crippen molar-refractivity contribution in [3.05, 3.63) is 66.2 Å². The van der Waals surface area contributed by atoms with Crippen molar-refractivity contribution in [2.24, 2.45) is 0 Å². The van der Waals surface area contributed by atoms with Gasteiger partial charge in [-0.1, -0.05) is 127 Å². The molecule has 3 aromatic rings. The number of hydrogen-bond donors (Lipinski definition) is 0. The number of fused-ring (bicyclic) bond motifs is 1. The third-order valence-electron chi connectivity index (χ3n) is 6.93. The number of rotatable bonds is 17. The van der Waals surface area contributed by atoms with Gasteiger partial charge in [0, 0.05) is 0 Å². The van der Waals surface area contributed by atoms with Crippen molar-refractivity contribution in [3.8, 4) is 16.9 Å². The highest BCUT2D eigenvalue weighted by Crippen LogP contribution is 2.28. The number of benzene rings is 3. The van der Waals surface area contributed by atoms with E-state index in [2.05, 4.69) is 74.5 Å². The van der Waals surface area contributed by atoms with E-state index in [0.29, 0.717) is 0 Å². The lowest BCUT2D eigenvalue weighted by Gasteiger charge is -2.09. The Morgan fingerprint density at radius 2 is 1.06 bits per heavy atom. The van der Waals surface area contributed by atoms with Crippen LogP contribution in [0.3, 0.4) is 0 Å². The molecule has 184 valence electrons. The SMILES string of the molecule is CCCCCCCCCOc1ccc2cc(-c3ccc(CCCCCCCC)cc3)ccc2c1. The molecule has 0 aromatic heterocycles. The lowest BCUT2D eigenvalue weighted by Crippen LogP contribution is -1.97. The first kappa shape index (κ1) is 26.3. The average Bonchev–Trinajstić information content (AvgIpc) is 2.88. The Labute approximate surface area is 208 Å². The summed E-state index contributed by atoms with van der Waals surface area (Å²) in [5, 5.41) is 2.53. The number of aryl methyl sites for hydroxylation is 1. The molecule has 0 saturated heterocycles. The maximum atomic E-state index is 6.03. The second-order valence-corrected chi connectivity index (χ2v) is 9.91.